The van der Waals surface area contributed by atoms with Crippen molar-refractivity contribution in [1.29, 1.82) is 0 Å². The average molecular weight is 561 g/mol. The zero-order valence-electron chi connectivity index (χ0n) is 21.4. The number of hydrogen-bond donors (Lipinski definition) is 2. The number of nitrogens with zero attached hydrogens (tertiary/aromatic N) is 2. The highest BCUT2D eigenvalue weighted by atomic mass is 19.4. The summed E-state index contributed by atoms with van der Waals surface area (Å²) in [6, 6.07) is 6.48. The number of benzene rings is 2. The van der Waals surface area contributed by atoms with Gasteiger partial charge in [0.15, 0.2) is 0 Å². The molecule has 2 aliphatic rings. The molecule has 12 heteroatoms. The van der Waals surface area contributed by atoms with E-state index in [-0.39, 0.29) is 18.5 Å². The highest BCUT2D eigenvalue weighted by Gasteiger charge is 2.39. The van der Waals surface area contributed by atoms with E-state index in [9.17, 15) is 41.4 Å². The summed E-state index contributed by atoms with van der Waals surface area (Å²) in [6.45, 7) is 2.36. The minimum Gasteiger partial charge on any atom is -0.489 e. The van der Waals surface area contributed by atoms with Gasteiger partial charge in [0.25, 0.3) is 0 Å². The maximum absolute atomic E-state index is 13.5. The Balaban J connectivity index is 1.45. The number of likely N-dealkylation sites (N-methyl/N-ethyl adjacent to an activating group) is 1. The molecule has 0 spiro atoms. The Morgan fingerprint density at radius 2 is 1.72 bits per heavy atom. The van der Waals surface area contributed by atoms with Gasteiger partial charge in [0, 0.05) is 13.6 Å². The minimum absolute atomic E-state index is 0.0803. The molecule has 214 valence electrons. The number of carboxylic acid groups (broad SMARTS) is 1. The molecular weight excluding hydrogens is 530 g/mol. The van der Waals surface area contributed by atoms with Gasteiger partial charge in [-0.15, -0.1) is 0 Å². The summed E-state index contributed by atoms with van der Waals surface area (Å²) in [4.78, 5) is 15.0. The Hall–Kier alpha value is -2.99. The van der Waals surface area contributed by atoms with Gasteiger partial charge in [-0.2, -0.15) is 26.3 Å². The molecule has 1 saturated heterocycles. The van der Waals surface area contributed by atoms with E-state index in [0.29, 0.717) is 67.7 Å². The molecule has 0 aromatic heterocycles. The lowest BCUT2D eigenvalue weighted by molar-refractivity contribution is -0.145. The number of rotatable bonds is 6. The second-order valence-corrected chi connectivity index (χ2v) is 10.3. The molecule has 2 heterocycles. The smallest absolute Gasteiger partial charge is 0.416 e. The van der Waals surface area contributed by atoms with Crippen LogP contribution in [0.2, 0.25) is 0 Å². The van der Waals surface area contributed by atoms with E-state index in [0.717, 1.165) is 0 Å². The largest absolute Gasteiger partial charge is 0.489 e. The number of aliphatic hydroxyl groups is 1. The second-order valence-electron chi connectivity index (χ2n) is 10.3. The number of carbonyl (C=O) groups is 1. The molecule has 0 bridgehead atoms. The van der Waals surface area contributed by atoms with Crippen LogP contribution in [0.4, 0.5) is 32.0 Å². The molecule has 1 fully saturated rings. The number of fused-ring (bicyclic) bond motifs is 1. The number of aliphatic carboxylic acids is 1. The van der Waals surface area contributed by atoms with Gasteiger partial charge in [-0.25, -0.2) is 0 Å². The SMILES string of the molecule is C[C@H](C(=O)O)[C@@H](O)c1ccc2c(c1)N(C)C(C1CCN(Cc3cc(C(F)(F)F)ccc3C(F)(F)F)CC1)CO2. The Labute approximate surface area is 221 Å². The highest BCUT2D eigenvalue weighted by Crippen LogP contribution is 2.41. The number of alkyl halides is 6. The summed E-state index contributed by atoms with van der Waals surface area (Å²) < 4.78 is 85.9. The Morgan fingerprint density at radius 1 is 1.05 bits per heavy atom. The molecule has 3 atom stereocenters. The fraction of sp³-hybridized carbons (Fsp3) is 0.519. The summed E-state index contributed by atoms with van der Waals surface area (Å²) >= 11 is 0. The van der Waals surface area contributed by atoms with Crippen LogP contribution in [0.3, 0.4) is 0 Å². The van der Waals surface area contributed by atoms with Crippen LogP contribution in [0.15, 0.2) is 36.4 Å². The number of ether oxygens (including phenoxy) is 1. The topological polar surface area (TPSA) is 73.2 Å². The molecule has 0 saturated carbocycles. The standard InChI is InChI=1S/C27H30F6N2O4/c1-15(25(37)38)24(36)17-3-6-23-21(12-17)34(2)22(14-39-23)16-7-9-35(10-8-16)13-18-11-19(26(28,29)30)4-5-20(18)27(31,32)33/h3-6,11-12,15-16,22,24,36H,7-10,13-14H2,1-2H3,(H,37,38)/t15-,22?,24+/m0/s1. The molecule has 0 aliphatic carbocycles. The molecular formula is C27H30F6N2O4. The third kappa shape index (κ3) is 6.27. The molecule has 4 rings (SSSR count). The van der Waals surface area contributed by atoms with Crippen LogP contribution in [0.1, 0.15) is 48.1 Å². The van der Waals surface area contributed by atoms with Gasteiger partial charge in [-0.1, -0.05) is 6.07 Å². The van der Waals surface area contributed by atoms with Crippen LogP contribution >= 0.6 is 0 Å². The highest BCUT2D eigenvalue weighted by molar-refractivity contribution is 5.71. The second kappa shape index (κ2) is 10.9. The summed E-state index contributed by atoms with van der Waals surface area (Å²) in [7, 11) is 1.87. The zero-order chi connectivity index (χ0) is 28.7. The van der Waals surface area contributed by atoms with Crippen LogP contribution < -0.4 is 9.64 Å². The number of carboxylic acids is 1. The van der Waals surface area contributed by atoms with E-state index >= 15 is 0 Å². The summed E-state index contributed by atoms with van der Waals surface area (Å²) in [6.07, 6.45) is -9.50. The molecule has 0 radical (unpaired) electrons. The molecule has 2 N–H and O–H groups in total. The summed E-state index contributed by atoms with van der Waals surface area (Å²) in [5.41, 5.74) is -1.44. The molecule has 2 aromatic carbocycles. The Bertz CT molecular complexity index is 1190. The number of aliphatic hydroxyl groups excluding tert-OH is 1. The van der Waals surface area contributed by atoms with E-state index in [1.54, 1.807) is 23.1 Å². The van der Waals surface area contributed by atoms with Crippen LogP contribution in [0, 0.1) is 11.8 Å². The quantitative estimate of drug-likeness (QED) is 0.449. The lowest BCUT2D eigenvalue weighted by Crippen LogP contribution is -2.49. The number of hydrogen-bond acceptors (Lipinski definition) is 5. The predicted molar refractivity (Wildman–Crippen MR) is 130 cm³/mol. The van der Waals surface area contributed by atoms with Crippen molar-refractivity contribution in [2.75, 3.05) is 31.6 Å². The monoisotopic (exact) mass is 560 g/mol. The van der Waals surface area contributed by atoms with Gasteiger partial charge in [-0.05, 0) is 80.2 Å². The van der Waals surface area contributed by atoms with E-state index < -0.39 is 47.0 Å². The molecule has 2 aliphatic heterocycles. The van der Waals surface area contributed by atoms with Gasteiger partial charge < -0.3 is 19.8 Å². The molecule has 39 heavy (non-hydrogen) atoms. The Kier molecular flexibility index (Phi) is 8.09. The first-order valence-electron chi connectivity index (χ1n) is 12.6. The first kappa shape index (κ1) is 29.0. The molecule has 1 unspecified atom stereocenters. The fourth-order valence-electron chi connectivity index (χ4n) is 5.37. The normalized spacial score (nSPS) is 20.7. The lowest BCUT2D eigenvalue weighted by Gasteiger charge is -2.43. The molecule has 0 amide bonds. The zero-order valence-corrected chi connectivity index (χ0v) is 21.4. The molecule has 2 aromatic rings. The fourth-order valence-corrected chi connectivity index (χ4v) is 5.37. The lowest BCUT2D eigenvalue weighted by atomic mass is 9.87. The maximum atomic E-state index is 13.5. The first-order chi connectivity index (χ1) is 18.2. The van der Waals surface area contributed by atoms with Crippen molar-refractivity contribution in [2.45, 2.75) is 50.8 Å². The number of likely N-dealkylation sites (tertiary alicyclic amines) is 1. The van der Waals surface area contributed by atoms with E-state index in [1.807, 2.05) is 11.9 Å². The van der Waals surface area contributed by atoms with Crippen LogP contribution in [-0.4, -0.2) is 53.9 Å². The van der Waals surface area contributed by atoms with Crippen molar-refractivity contribution >= 4 is 11.7 Å². The third-order valence-electron chi connectivity index (χ3n) is 7.78. The van der Waals surface area contributed by atoms with E-state index in [4.69, 9.17) is 4.74 Å². The van der Waals surface area contributed by atoms with Gasteiger partial charge in [-0.3, -0.25) is 9.69 Å². The van der Waals surface area contributed by atoms with Gasteiger partial charge in [0.1, 0.15) is 12.4 Å². The summed E-state index contributed by atoms with van der Waals surface area (Å²) in [5, 5.41) is 19.7. The van der Waals surface area contributed by atoms with E-state index in [2.05, 4.69) is 0 Å². The van der Waals surface area contributed by atoms with Gasteiger partial charge in [0.05, 0.1) is 34.9 Å². The molecule has 6 nitrogen and oxygen atoms in total. The first-order valence-corrected chi connectivity index (χ1v) is 12.6. The van der Waals surface area contributed by atoms with Gasteiger partial charge >= 0.3 is 18.3 Å². The van der Waals surface area contributed by atoms with Crippen molar-refractivity contribution in [2.24, 2.45) is 11.8 Å². The Morgan fingerprint density at radius 3 is 2.31 bits per heavy atom. The van der Waals surface area contributed by atoms with Crippen molar-refractivity contribution in [3.8, 4) is 5.75 Å². The van der Waals surface area contributed by atoms with Crippen LogP contribution in [0.5, 0.6) is 5.75 Å². The van der Waals surface area contributed by atoms with Crippen molar-refractivity contribution in [3.05, 3.63) is 58.7 Å². The number of piperidine rings is 1. The average Bonchev–Trinajstić information content (AvgIpc) is 2.87. The third-order valence-corrected chi connectivity index (χ3v) is 7.78. The van der Waals surface area contributed by atoms with Crippen molar-refractivity contribution in [1.82, 2.24) is 4.90 Å². The van der Waals surface area contributed by atoms with Crippen LogP contribution in [-0.2, 0) is 23.7 Å². The summed E-state index contributed by atoms with van der Waals surface area (Å²) in [5.74, 6) is -1.43. The minimum atomic E-state index is -4.76. The van der Waals surface area contributed by atoms with Gasteiger partial charge in [0.2, 0.25) is 0 Å². The predicted octanol–water partition coefficient (Wildman–Crippen LogP) is 5.59. The van der Waals surface area contributed by atoms with E-state index in [1.165, 1.54) is 6.92 Å². The van der Waals surface area contributed by atoms with Crippen LogP contribution in [0.25, 0.3) is 0 Å². The van der Waals surface area contributed by atoms with Crippen molar-refractivity contribution < 1.29 is 46.1 Å². The van der Waals surface area contributed by atoms with Crippen molar-refractivity contribution in [3.63, 3.8) is 0 Å². The maximum Gasteiger partial charge on any atom is 0.416 e. The number of halogens is 6. The number of anilines is 1.